The normalized spacial score (nSPS) is 36.0. The molecule has 0 aliphatic heterocycles. The summed E-state index contributed by atoms with van der Waals surface area (Å²) in [7, 11) is 0. The highest BCUT2D eigenvalue weighted by Gasteiger charge is 2.52. The predicted octanol–water partition coefficient (Wildman–Crippen LogP) is 5.02. The van der Waals surface area contributed by atoms with Crippen molar-refractivity contribution in [2.75, 3.05) is 5.32 Å². The summed E-state index contributed by atoms with van der Waals surface area (Å²) in [5.74, 6) is 3.00. The van der Waals surface area contributed by atoms with Gasteiger partial charge in [-0.1, -0.05) is 17.7 Å². The number of carbonyl (C=O) groups excluding carboxylic acids is 1. The summed E-state index contributed by atoms with van der Waals surface area (Å²) in [5, 5.41) is 3.13. The number of benzene rings is 1. The van der Waals surface area contributed by atoms with Crippen molar-refractivity contribution in [2.45, 2.75) is 62.4 Å². The monoisotopic (exact) mass is 329 g/mol. The molecule has 4 saturated carbocycles. The topological polar surface area (TPSA) is 29.1 Å². The highest BCUT2D eigenvalue weighted by atomic mass is 32.2. The van der Waals surface area contributed by atoms with E-state index in [-0.39, 0.29) is 11.2 Å². The Morgan fingerprint density at radius 1 is 1.09 bits per heavy atom. The first-order valence-corrected chi connectivity index (χ1v) is 9.95. The lowest BCUT2D eigenvalue weighted by Gasteiger charge is -2.57. The molecule has 1 amide bonds. The zero-order chi connectivity index (χ0) is 16.0. The summed E-state index contributed by atoms with van der Waals surface area (Å²) in [4.78, 5) is 12.6. The molecule has 3 heteroatoms. The minimum atomic E-state index is 0.0348. The molecule has 0 spiro atoms. The lowest BCUT2D eigenvalue weighted by Crippen LogP contribution is -2.49. The van der Waals surface area contributed by atoms with Gasteiger partial charge >= 0.3 is 0 Å². The second kappa shape index (κ2) is 5.84. The molecule has 0 saturated heterocycles. The lowest BCUT2D eigenvalue weighted by molar-refractivity contribution is -0.115. The molecule has 1 aromatic rings. The SMILES string of the molecule is Cc1ccc(NC(=O)[C@@H](C)SC23CC4CC(CC(C4)C2)C3)cc1. The Labute approximate surface area is 143 Å². The van der Waals surface area contributed by atoms with Crippen LogP contribution in [0.2, 0.25) is 0 Å². The average Bonchev–Trinajstić information content (AvgIpc) is 2.47. The molecule has 5 rings (SSSR count). The van der Waals surface area contributed by atoms with Crippen LogP contribution in [-0.2, 0) is 4.79 Å². The molecular weight excluding hydrogens is 302 g/mol. The van der Waals surface area contributed by atoms with Crippen molar-refractivity contribution in [2.24, 2.45) is 17.8 Å². The first-order chi connectivity index (χ1) is 11.0. The second-order valence-electron chi connectivity index (χ2n) is 8.22. The first kappa shape index (κ1) is 15.6. The van der Waals surface area contributed by atoms with E-state index in [9.17, 15) is 4.79 Å². The molecule has 2 nitrogen and oxygen atoms in total. The quantitative estimate of drug-likeness (QED) is 0.840. The van der Waals surface area contributed by atoms with E-state index in [0.717, 1.165) is 23.4 Å². The minimum Gasteiger partial charge on any atom is -0.325 e. The van der Waals surface area contributed by atoms with Crippen LogP contribution in [0, 0.1) is 24.7 Å². The maximum Gasteiger partial charge on any atom is 0.237 e. The predicted molar refractivity (Wildman–Crippen MR) is 97.8 cm³/mol. The molecule has 4 aliphatic rings. The molecule has 1 aromatic carbocycles. The van der Waals surface area contributed by atoms with Crippen LogP contribution in [0.25, 0.3) is 0 Å². The minimum absolute atomic E-state index is 0.0348. The van der Waals surface area contributed by atoms with Crippen LogP contribution < -0.4 is 5.32 Å². The molecule has 1 atom stereocenters. The smallest absolute Gasteiger partial charge is 0.237 e. The third-order valence-electron chi connectivity index (χ3n) is 6.10. The zero-order valence-corrected chi connectivity index (χ0v) is 15.0. The van der Waals surface area contributed by atoms with Crippen LogP contribution in [0.15, 0.2) is 24.3 Å². The molecule has 0 radical (unpaired) electrons. The van der Waals surface area contributed by atoms with Crippen molar-refractivity contribution >= 4 is 23.4 Å². The third-order valence-corrected chi connectivity index (χ3v) is 7.66. The Bertz CT molecular complexity index is 559. The summed E-state index contributed by atoms with van der Waals surface area (Å²) in [6.07, 6.45) is 8.45. The van der Waals surface area contributed by atoms with Crippen LogP contribution in [0.4, 0.5) is 5.69 Å². The van der Waals surface area contributed by atoms with Gasteiger partial charge in [0, 0.05) is 10.4 Å². The van der Waals surface area contributed by atoms with Crippen LogP contribution in [-0.4, -0.2) is 15.9 Å². The molecule has 124 valence electrons. The number of carbonyl (C=O) groups is 1. The summed E-state index contributed by atoms with van der Waals surface area (Å²) >= 11 is 1.98. The Hall–Kier alpha value is -0.960. The van der Waals surface area contributed by atoms with Crippen molar-refractivity contribution in [1.29, 1.82) is 0 Å². The fourth-order valence-electron chi connectivity index (χ4n) is 5.48. The van der Waals surface area contributed by atoms with E-state index in [1.807, 2.05) is 36.0 Å². The molecule has 4 fully saturated rings. The van der Waals surface area contributed by atoms with Crippen LogP contribution >= 0.6 is 11.8 Å². The van der Waals surface area contributed by atoms with E-state index in [0.29, 0.717) is 4.75 Å². The van der Waals surface area contributed by atoms with Crippen molar-refractivity contribution in [1.82, 2.24) is 0 Å². The summed E-state index contributed by atoms with van der Waals surface area (Å²) in [6.45, 7) is 4.16. The Morgan fingerprint density at radius 3 is 2.13 bits per heavy atom. The van der Waals surface area contributed by atoms with Crippen molar-refractivity contribution in [3.05, 3.63) is 29.8 Å². The molecule has 0 aromatic heterocycles. The van der Waals surface area contributed by atoms with Crippen LogP contribution in [0.5, 0.6) is 0 Å². The third kappa shape index (κ3) is 3.17. The van der Waals surface area contributed by atoms with Crippen molar-refractivity contribution in [3.63, 3.8) is 0 Å². The fraction of sp³-hybridized carbons (Fsp3) is 0.650. The highest BCUT2D eigenvalue weighted by molar-refractivity contribution is 8.01. The zero-order valence-electron chi connectivity index (χ0n) is 14.2. The number of hydrogen-bond donors (Lipinski definition) is 1. The first-order valence-electron chi connectivity index (χ1n) is 9.07. The van der Waals surface area contributed by atoms with Gasteiger partial charge < -0.3 is 5.32 Å². The van der Waals surface area contributed by atoms with Gasteiger partial charge in [0.1, 0.15) is 0 Å². The van der Waals surface area contributed by atoms with Gasteiger partial charge in [-0.05, 0) is 82.3 Å². The van der Waals surface area contributed by atoms with E-state index in [1.165, 1.54) is 44.1 Å². The number of nitrogens with one attached hydrogen (secondary N) is 1. The van der Waals surface area contributed by atoms with E-state index in [4.69, 9.17) is 0 Å². The molecule has 23 heavy (non-hydrogen) atoms. The summed E-state index contributed by atoms with van der Waals surface area (Å²) in [5.41, 5.74) is 2.14. The molecule has 0 heterocycles. The van der Waals surface area contributed by atoms with Gasteiger partial charge in [0.2, 0.25) is 5.91 Å². The average molecular weight is 330 g/mol. The van der Waals surface area contributed by atoms with Gasteiger partial charge in [0.15, 0.2) is 0 Å². The van der Waals surface area contributed by atoms with Crippen LogP contribution in [0.3, 0.4) is 0 Å². The molecule has 1 N–H and O–H groups in total. The van der Waals surface area contributed by atoms with Gasteiger partial charge in [-0.2, -0.15) is 0 Å². The molecule has 4 bridgehead atoms. The van der Waals surface area contributed by atoms with Crippen molar-refractivity contribution < 1.29 is 4.79 Å². The Morgan fingerprint density at radius 2 is 1.61 bits per heavy atom. The molecular formula is C20H27NOS. The number of thioether (sulfide) groups is 1. The largest absolute Gasteiger partial charge is 0.325 e. The van der Waals surface area contributed by atoms with E-state index >= 15 is 0 Å². The number of rotatable bonds is 4. The fourth-order valence-corrected chi connectivity index (χ4v) is 7.40. The summed E-state index contributed by atoms with van der Waals surface area (Å²) in [6, 6.07) is 8.09. The second-order valence-corrected chi connectivity index (χ2v) is 10.0. The lowest BCUT2D eigenvalue weighted by atomic mass is 9.56. The van der Waals surface area contributed by atoms with Crippen molar-refractivity contribution in [3.8, 4) is 0 Å². The van der Waals surface area contributed by atoms with Gasteiger partial charge in [-0.25, -0.2) is 0 Å². The number of aryl methyl sites for hydroxylation is 1. The molecule has 0 unspecified atom stereocenters. The van der Waals surface area contributed by atoms with E-state index in [2.05, 4.69) is 19.2 Å². The van der Waals surface area contributed by atoms with Gasteiger partial charge in [0.05, 0.1) is 5.25 Å². The highest BCUT2D eigenvalue weighted by Crippen LogP contribution is 2.61. The van der Waals surface area contributed by atoms with E-state index < -0.39 is 0 Å². The summed E-state index contributed by atoms with van der Waals surface area (Å²) < 4.78 is 0.402. The Kier molecular flexibility index (Phi) is 3.95. The number of anilines is 1. The molecule has 4 aliphatic carbocycles. The van der Waals surface area contributed by atoms with Gasteiger partial charge in [-0.3, -0.25) is 4.79 Å². The number of hydrogen-bond acceptors (Lipinski definition) is 2. The van der Waals surface area contributed by atoms with Gasteiger partial charge in [-0.15, -0.1) is 11.8 Å². The van der Waals surface area contributed by atoms with Crippen LogP contribution in [0.1, 0.15) is 51.0 Å². The Balaban J connectivity index is 1.40. The van der Waals surface area contributed by atoms with Gasteiger partial charge in [0.25, 0.3) is 0 Å². The standard InChI is InChI=1S/C20H27NOS/c1-13-3-5-18(6-4-13)21-19(22)14(2)23-20-10-15-7-16(11-20)9-17(8-15)12-20/h3-6,14-17H,7-12H2,1-2H3,(H,21,22)/t14-,15?,16?,17?,20?/m1/s1. The van der Waals surface area contributed by atoms with E-state index in [1.54, 1.807) is 0 Å². The maximum absolute atomic E-state index is 12.6. The maximum atomic E-state index is 12.6. The number of amides is 1.